The molecule has 2 N–H and O–H groups in total. The van der Waals surface area contributed by atoms with E-state index in [0.29, 0.717) is 24.7 Å². The summed E-state index contributed by atoms with van der Waals surface area (Å²) in [5.41, 5.74) is 2.62. The number of benzene rings is 1. The number of nitrogens with zero attached hydrogens (tertiary/aromatic N) is 4. The Morgan fingerprint density at radius 3 is 2.75 bits per heavy atom. The van der Waals surface area contributed by atoms with Crippen LogP contribution < -0.4 is 0 Å². The number of hydrogen-bond acceptors (Lipinski definition) is 5. The highest BCUT2D eigenvalue weighted by atomic mass is 35.5. The van der Waals surface area contributed by atoms with Crippen LogP contribution in [0.2, 0.25) is 5.02 Å². The molecule has 24 heavy (non-hydrogen) atoms. The van der Waals surface area contributed by atoms with Gasteiger partial charge >= 0.3 is 0 Å². The van der Waals surface area contributed by atoms with Gasteiger partial charge in [-0.2, -0.15) is 5.10 Å². The van der Waals surface area contributed by atoms with Crippen LogP contribution in [0.15, 0.2) is 48.9 Å². The number of pyridine rings is 1. The molecule has 1 aromatic carbocycles. The highest BCUT2D eigenvalue weighted by Gasteiger charge is 2.14. The topological polar surface area (TPSA) is 73.9 Å². The fraction of sp³-hybridized carbons (Fsp3) is 0.294. The lowest BCUT2D eigenvalue weighted by molar-refractivity contribution is 0.0957. The fourth-order valence-corrected chi connectivity index (χ4v) is 2.75. The van der Waals surface area contributed by atoms with Crippen molar-refractivity contribution in [1.29, 1.82) is 0 Å². The highest BCUT2D eigenvalue weighted by Crippen LogP contribution is 2.18. The van der Waals surface area contributed by atoms with E-state index in [1.807, 2.05) is 35.4 Å². The third-order valence-corrected chi connectivity index (χ3v) is 4.11. The lowest BCUT2D eigenvalue weighted by Gasteiger charge is -2.24. The molecule has 0 aliphatic carbocycles. The molecule has 0 fully saturated rings. The molecule has 0 aliphatic heterocycles. The molecular weight excluding hydrogens is 328 g/mol. The van der Waals surface area contributed by atoms with E-state index in [9.17, 15) is 10.2 Å². The molecule has 0 saturated carbocycles. The second-order valence-electron chi connectivity index (χ2n) is 5.62. The molecular formula is C17H19ClN4O2. The van der Waals surface area contributed by atoms with E-state index in [2.05, 4.69) is 10.1 Å². The Hall–Kier alpha value is -1.99. The molecule has 7 heteroatoms. The molecule has 1 atom stereocenters. The van der Waals surface area contributed by atoms with E-state index in [1.54, 1.807) is 16.6 Å². The van der Waals surface area contributed by atoms with E-state index >= 15 is 0 Å². The van der Waals surface area contributed by atoms with Crippen molar-refractivity contribution in [3.63, 3.8) is 0 Å². The van der Waals surface area contributed by atoms with E-state index < -0.39 is 6.10 Å². The van der Waals surface area contributed by atoms with Gasteiger partial charge in [0.05, 0.1) is 12.7 Å². The molecule has 1 unspecified atom stereocenters. The van der Waals surface area contributed by atoms with Crippen molar-refractivity contribution >= 4 is 17.2 Å². The molecule has 0 amide bonds. The predicted octanol–water partition coefficient (Wildman–Crippen LogP) is 1.91. The van der Waals surface area contributed by atoms with Gasteiger partial charge in [-0.3, -0.25) is 4.90 Å². The maximum Gasteiger partial charge on any atom is 0.155 e. The average molecular weight is 347 g/mol. The van der Waals surface area contributed by atoms with Gasteiger partial charge in [0.15, 0.2) is 5.65 Å². The second-order valence-corrected chi connectivity index (χ2v) is 6.06. The Morgan fingerprint density at radius 2 is 2.00 bits per heavy atom. The number of rotatable bonds is 7. The summed E-state index contributed by atoms with van der Waals surface area (Å²) in [5.74, 6) is 0. The third kappa shape index (κ3) is 4.10. The minimum atomic E-state index is -0.648. The lowest BCUT2D eigenvalue weighted by Crippen LogP contribution is -2.31. The Morgan fingerprint density at radius 1 is 1.21 bits per heavy atom. The first-order chi connectivity index (χ1) is 11.7. The van der Waals surface area contributed by atoms with Crippen molar-refractivity contribution in [1.82, 2.24) is 19.5 Å². The Labute approximate surface area is 144 Å². The smallest absolute Gasteiger partial charge is 0.155 e. The SMILES string of the molecule is OCCN(Cc1ccn2ncnc2c1)CC(O)c1ccc(Cl)cc1. The maximum absolute atomic E-state index is 10.4. The van der Waals surface area contributed by atoms with Gasteiger partial charge in [0, 0.05) is 30.9 Å². The van der Waals surface area contributed by atoms with Crippen molar-refractivity contribution in [3.8, 4) is 0 Å². The quantitative estimate of drug-likeness (QED) is 0.683. The van der Waals surface area contributed by atoms with Crippen LogP contribution in [-0.4, -0.2) is 49.4 Å². The molecule has 3 rings (SSSR count). The molecule has 2 aromatic heterocycles. The van der Waals surface area contributed by atoms with Crippen LogP contribution in [0, 0.1) is 0 Å². The maximum atomic E-state index is 10.4. The zero-order chi connectivity index (χ0) is 16.9. The van der Waals surface area contributed by atoms with Crippen LogP contribution in [0.3, 0.4) is 0 Å². The van der Waals surface area contributed by atoms with Crippen LogP contribution >= 0.6 is 11.6 Å². The summed E-state index contributed by atoms with van der Waals surface area (Å²) >= 11 is 5.88. The number of aliphatic hydroxyl groups is 2. The summed E-state index contributed by atoms with van der Waals surface area (Å²) < 4.78 is 1.70. The van der Waals surface area contributed by atoms with Crippen LogP contribution in [0.4, 0.5) is 0 Å². The van der Waals surface area contributed by atoms with E-state index in [1.165, 1.54) is 6.33 Å². The first-order valence-electron chi connectivity index (χ1n) is 7.71. The van der Waals surface area contributed by atoms with Crippen molar-refractivity contribution in [2.45, 2.75) is 12.6 Å². The second kappa shape index (κ2) is 7.72. The Kier molecular flexibility index (Phi) is 5.42. The standard InChI is InChI=1S/C17H19ClN4O2/c18-15-3-1-14(2-4-15)16(24)11-21(7-8-23)10-13-5-6-22-17(9-13)19-12-20-22/h1-6,9,12,16,23-24H,7-8,10-11H2. The normalized spacial score (nSPS) is 12.8. The Bertz CT molecular complexity index is 791. The van der Waals surface area contributed by atoms with Gasteiger partial charge in [0.25, 0.3) is 0 Å². The molecule has 3 aromatic rings. The van der Waals surface area contributed by atoms with Crippen LogP contribution in [0.1, 0.15) is 17.2 Å². The number of aromatic nitrogens is 3. The summed E-state index contributed by atoms with van der Waals surface area (Å²) in [6.45, 7) is 1.53. The summed E-state index contributed by atoms with van der Waals surface area (Å²) in [7, 11) is 0. The van der Waals surface area contributed by atoms with Gasteiger partial charge in [-0.15, -0.1) is 0 Å². The van der Waals surface area contributed by atoms with Crippen molar-refractivity contribution in [3.05, 3.63) is 65.1 Å². The van der Waals surface area contributed by atoms with E-state index in [4.69, 9.17) is 11.6 Å². The predicted molar refractivity (Wildman–Crippen MR) is 91.8 cm³/mol. The largest absolute Gasteiger partial charge is 0.395 e. The van der Waals surface area contributed by atoms with Gasteiger partial charge in [-0.1, -0.05) is 23.7 Å². The molecule has 2 heterocycles. The van der Waals surface area contributed by atoms with Gasteiger partial charge in [-0.05, 0) is 35.4 Å². The summed E-state index contributed by atoms with van der Waals surface area (Å²) in [6, 6.07) is 11.1. The van der Waals surface area contributed by atoms with E-state index in [-0.39, 0.29) is 6.61 Å². The first kappa shape index (κ1) is 16.9. The van der Waals surface area contributed by atoms with Crippen molar-refractivity contribution in [2.75, 3.05) is 19.7 Å². The minimum absolute atomic E-state index is 0.0283. The van der Waals surface area contributed by atoms with Crippen LogP contribution in [-0.2, 0) is 6.54 Å². The van der Waals surface area contributed by atoms with Crippen LogP contribution in [0.5, 0.6) is 0 Å². The van der Waals surface area contributed by atoms with Crippen molar-refractivity contribution < 1.29 is 10.2 Å². The lowest BCUT2D eigenvalue weighted by atomic mass is 10.1. The first-order valence-corrected chi connectivity index (χ1v) is 8.08. The third-order valence-electron chi connectivity index (χ3n) is 3.85. The van der Waals surface area contributed by atoms with Crippen LogP contribution in [0.25, 0.3) is 5.65 Å². The number of aliphatic hydroxyl groups excluding tert-OH is 2. The molecule has 0 saturated heterocycles. The fourth-order valence-electron chi connectivity index (χ4n) is 2.63. The summed E-state index contributed by atoms with van der Waals surface area (Å²) in [4.78, 5) is 6.17. The highest BCUT2D eigenvalue weighted by molar-refractivity contribution is 6.30. The minimum Gasteiger partial charge on any atom is -0.395 e. The monoisotopic (exact) mass is 346 g/mol. The van der Waals surface area contributed by atoms with Crippen molar-refractivity contribution in [2.24, 2.45) is 0 Å². The van der Waals surface area contributed by atoms with Gasteiger partial charge in [0.2, 0.25) is 0 Å². The van der Waals surface area contributed by atoms with Gasteiger partial charge in [-0.25, -0.2) is 9.50 Å². The zero-order valence-corrected chi connectivity index (χ0v) is 13.8. The summed E-state index contributed by atoms with van der Waals surface area (Å²) in [5, 5.41) is 24.4. The number of fused-ring (bicyclic) bond motifs is 1. The van der Waals surface area contributed by atoms with Gasteiger partial charge < -0.3 is 10.2 Å². The zero-order valence-electron chi connectivity index (χ0n) is 13.1. The summed E-state index contributed by atoms with van der Waals surface area (Å²) in [6.07, 6.45) is 2.71. The average Bonchev–Trinajstić information content (AvgIpc) is 3.03. The molecule has 126 valence electrons. The molecule has 6 nitrogen and oxygen atoms in total. The molecule has 0 spiro atoms. The van der Waals surface area contributed by atoms with E-state index in [0.717, 1.165) is 16.8 Å². The number of halogens is 1. The Balaban J connectivity index is 1.70. The number of hydrogen-bond donors (Lipinski definition) is 2. The molecule has 0 radical (unpaired) electrons. The molecule has 0 bridgehead atoms. The molecule has 0 aliphatic rings. The van der Waals surface area contributed by atoms with Gasteiger partial charge in [0.1, 0.15) is 6.33 Å².